The Kier molecular flexibility index (Phi) is 5.05. The maximum Gasteiger partial charge on any atom is 0.246 e. The first-order valence-corrected chi connectivity index (χ1v) is 5.72. The second-order valence-corrected chi connectivity index (χ2v) is 4.50. The van der Waals surface area contributed by atoms with Crippen LogP contribution < -0.4 is 10.6 Å². The van der Waals surface area contributed by atoms with Crippen LogP contribution in [-0.4, -0.2) is 37.2 Å². The number of hydrogen-bond donors (Lipinski definition) is 2. The molecule has 0 bridgehead atoms. The molecule has 1 saturated heterocycles. The Morgan fingerprint density at radius 1 is 1.60 bits per heavy atom. The van der Waals surface area contributed by atoms with Gasteiger partial charge in [0, 0.05) is 12.1 Å². The van der Waals surface area contributed by atoms with E-state index < -0.39 is 0 Å². The number of hydrogen-bond acceptors (Lipinski definition) is 3. The normalized spacial score (nSPS) is 26.7. The summed E-state index contributed by atoms with van der Waals surface area (Å²) < 4.78 is 5.24. The van der Waals surface area contributed by atoms with Crippen molar-refractivity contribution in [2.24, 2.45) is 0 Å². The lowest BCUT2D eigenvalue weighted by Gasteiger charge is -2.28. The molecule has 0 spiro atoms. The van der Waals surface area contributed by atoms with Gasteiger partial charge >= 0.3 is 0 Å². The Labute approximate surface area is 91.8 Å². The summed E-state index contributed by atoms with van der Waals surface area (Å²) >= 11 is 0. The van der Waals surface area contributed by atoms with Gasteiger partial charge in [-0.1, -0.05) is 0 Å². The maximum absolute atomic E-state index is 11.5. The van der Waals surface area contributed by atoms with Crippen LogP contribution in [0.5, 0.6) is 0 Å². The Balaban J connectivity index is 2.19. The van der Waals surface area contributed by atoms with Crippen LogP contribution in [0.4, 0.5) is 0 Å². The Morgan fingerprint density at radius 2 is 2.33 bits per heavy atom. The molecule has 1 fully saturated rings. The Morgan fingerprint density at radius 3 is 2.93 bits per heavy atom. The molecule has 1 aliphatic heterocycles. The van der Waals surface area contributed by atoms with Gasteiger partial charge in [0.2, 0.25) is 5.91 Å². The van der Waals surface area contributed by atoms with E-state index in [1.54, 1.807) is 0 Å². The summed E-state index contributed by atoms with van der Waals surface area (Å²) in [6.07, 6.45) is 2.13. The predicted molar refractivity (Wildman–Crippen MR) is 59.7 cm³/mol. The average Bonchev–Trinajstić information content (AvgIpc) is 2.15. The predicted octanol–water partition coefficient (Wildman–Crippen LogP) is 0.668. The molecular formula is C11H22N2O2. The lowest BCUT2D eigenvalue weighted by atomic mass is 10.0. The van der Waals surface area contributed by atoms with E-state index >= 15 is 0 Å². The standard InChI is InChI=1S/C11H22N2O2/c1-8(2)15-7-11(14)13-10-4-5-12-9(3)6-10/h8-10,12H,4-7H2,1-3H3,(H,13,14). The third-order valence-electron chi connectivity index (χ3n) is 2.54. The number of ether oxygens (including phenoxy) is 1. The first kappa shape index (κ1) is 12.5. The fraction of sp³-hybridized carbons (Fsp3) is 0.909. The molecule has 15 heavy (non-hydrogen) atoms. The van der Waals surface area contributed by atoms with Gasteiger partial charge in [-0.2, -0.15) is 0 Å². The molecule has 0 aromatic carbocycles. The molecular weight excluding hydrogens is 192 g/mol. The molecule has 1 rings (SSSR count). The first-order valence-electron chi connectivity index (χ1n) is 5.72. The van der Waals surface area contributed by atoms with Crippen LogP contribution in [0.25, 0.3) is 0 Å². The highest BCUT2D eigenvalue weighted by atomic mass is 16.5. The molecule has 0 aliphatic carbocycles. The summed E-state index contributed by atoms with van der Waals surface area (Å²) in [4.78, 5) is 11.5. The zero-order valence-electron chi connectivity index (χ0n) is 9.88. The second-order valence-electron chi connectivity index (χ2n) is 4.50. The minimum Gasteiger partial charge on any atom is -0.369 e. The van der Waals surface area contributed by atoms with E-state index in [2.05, 4.69) is 17.6 Å². The van der Waals surface area contributed by atoms with Gasteiger partial charge in [-0.05, 0) is 40.2 Å². The van der Waals surface area contributed by atoms with Crippen molar-refractivity contribution in [3.05, 3.63) is 0 Å². The third kappa shape index (κ3) is 5.14. The van der Waals surface area contributed by atoms with Gasteiger partial charge < -0.3 is 15.4 Å². The van der Waals surface area contributed by atoms with Crippen molar-refractivity contribution in [2.45, 2.75) is 51.8 Å². The van der Waals surface area contributed by atoms with E-state index in [0.717, 1.165) is 19.4 Å². The lowest BCUT2D eigenvalue weighted by molar-refractivity contribution is -0.128. The Bertz CT molecular complexity index is 207. The maximum atomic E-state index is 11.5. The van der Waals surface area contributed by atoms with Gasteiger partial charge in [0.05, 0.1) is 6.10 Å². The molecule has 0 aromatic heterocycles. The van der Waals surface area contributed by atoms with Crippen LogP contribution in [0.15, 0.2) is 0 Å². The van der Waals surface area contributed by atoms with Crippen molar-refractivity contribution in [1.82, 2.24) is 10.6 Å². The number of carbonyl (C=O) groups excluding carboxylic acids is 1. The smallest absolute Gasteiger partial charge is 0.246 e. The number of carbonyl (C=O) groups is 1. The average molecular weight is 214 g/mol. The summed E-state index contributed by atoms with van der Waals surface area (Å²) in [5.74, 6) is 0.00259. The quantitative estimate of drug-likeness (QED) is 0.723. The fourth-order valence-corrected chi connectivity index (χ4v) is 1.77. The third-order valence-corrected chi connectivity index (χ3v) is 2.54. The molecule has 1 heterocycles. The molecule has 0 aromatic rings. The zero-order chi connectivity index (χ0) is 11.3. The van der Waals surface area contributed by atoms with Crippen molar-refractivity contribution < 1.29 is 9.53 Å². The Hall–Kier alpha value is -0.610. The minimum atomic E-state index is 0.00259. The van der Waals surface area contributed by atoms with Crippen LogP contribution in [0, 0.1) is 0 Å². The number of rotatable bonds is 4. The van der Waals surface area contributed by atoms with Crippen LogP contribution in [0.3, 0.4) is 0 Å². The number of amides is 1. The summed E-state index contributed by atoms with van der Waals surface area (Å²) in [6.45, 7) is 7.16. The van der Waals surface area contributed by atoms with Gasteiger partial charge in [0.1, 0.15) is 6.61 Å². The van der Waals surface area contributed by atoms with E-state index in [4.69, 9.17) is 4.74 Å². The highest BCUT2D eigenvalue weighted by molar-refractivity contribution is 5.77. The monoisotopic (exact) mass is 214 g/mol. The first-order chi connectivity index (χ1) is 7.08. The van der Waals surface area contributed by atoms with E-state index in [1.807, 2.05) is 13.8 Å². The molecule has 88 valence electrons. The van der Waals surface area contributed by atoms with E-state index in [-0.39, 0.29) is 18.6 Å². The summed E-state index contributed by atoms with van der Waals surface area (Å²) in [6, 6.07) is 0.805. The van der Waals surface area contributed by atoms with Crippen LogP contribution >= 0.6 is 0 Å². The van der Waals surface area contributed by atoms with Gasteiger partial charge in [-0.25, -0.2) is 0 Å². The van der Waals surface area contributed by atoms with E-state index in [0.29, 0.717) is 12.1 Å². The summed E-state index contributed by atoms with van der Waals surface area (Å²) in [7, 11) is 0. The van der Waals surface area contributed by atoms with Crippen molar-refractivity contribution in [1.29, 1.82) is 0 Å². The highest BCUT2D eigenvalue weighted by Crippen LogP contribution is 2.07. The van der Waals surface area contributed by atoms with Gasteiger partial charge in [0.15, 0.2) is 0 Å². The molecule has 4 nitrogen and oxygen atoms in total. The molecule has 4 heteroatoms. The SMILES string of the molecule is CC1CC(NC(=O)COC(C)C)CCN1. The number of nitrogens with one attached hydrogen (secondary N) is 2. The van der Waals surface area contributed by atoms with Gasteiger partial charge in [0.25, 0.3) is 0 Å². The van der Waals surface area contributed by atoms with Crippen LogP contribution in [0.2, 0.25) is 0 Å². The number of piperidine rings is 1. The topological polar surface area (TPSA) is 50.4 Å². The lowest BCUT2D eigenvalue weighted by Crippen LogP contribution is -2.47. The zero-order valence-corrected chi connectivity index (χ0v) is 9.88. The van der Waals surface area contributed by atoms with Crippen molar-refractivity contribution in [2.75, 3.05) is 13.2 Å². The van der Waals surface area contributed by atoms with Crippen LogP contribution in [0.1, 0.15) is 33.6 Å². The molecule has 0 radical (unpaired) electrons. The minimum absolute atomic E-state index is 0.00259. The molecule has 0 saturated carbocycles. The second kappa shape index (κ2) is 6.08. The molecule has 2 N–H and O–H groups in total. The summed E-state index contributed by atoms with van der Waals surface area (Å²) in [5.41, 5.74) is 0. The summed E-state index contributed by atoms with van der Waals surface area (Å²) in [5, 5.41) is 6.35. The van der Waals surface area contributed by atoms with Gasteiger partial charge in [-0.3, -0.25) is 4.79 Å². The molecule has 1 aliphatic rings. The molecule has 2 atom stereocenters. The molecule has 2 unspecified atom stereocenters. The van der Waals surface area contributed by atoms with Crippen molar-refractivity contribution in [3.63, 3.8) is 0 Å². The molecule has 1 amide bonds. The van der Waals surface area contributed by atoms with Crippen LogP contribution in [-0.2, 0) is 9.53 Å². The largest absolute Gasteiger partial charge is 0.369 e. The van der Waals surface area contributed by atoms with Crippen molar-refractivity contribution in [3.8, 4) is 0 Å². The van der Waals surface area contributed by atoms with E-state index in [9.17, 15) is 4.79 Å². The van der Waals surface area contributed by atoms with E-state index in [1.165, 1.54) is 0 Å². The fourth-order valence-electron chi connectivity index (χ4n) is 1.77. The van der Waals surface area contributed by atoms with Gasteiger partial charge in [-0.15, -0.1) is 0 Å². The van der Waals surface area contributed by atoms with Crippen molar-refractivity contribution >= 4 is 5.91 Å². The highest BCUT2D eigenvalue weighted by Gasteiger charge is 2.19.